The van der Waals surface area contributed by atoms with Gasteiger partial charge in [0, 0.05) is 6.42 Å². The van der Waals surface area contributed by atoms with Gasteiger partial charge in [0.1, 0.15) is 0 Å². The van der Waals surface area contributed by atoms with Gasteiger partial charge < -0.3 is 10.2 Å². The van der Waals surface area contributed by atoms with Crippen LogP contribution >= 0.6 is 0 Å². The van der Waals surface area contributed by atoms with E-state index in [9.17, 15) is 0 Å². The van der Waals surface area contributed by atoms with Crippen molar-refractivity contribution in [2.75, 3.05) is 0 Å². The molecule has 0 saturated carbocycles. The molecule has 0 fully saturated rings. The summed E-state index contributed by atoms with van der Waals surface area (Å²) >= 11 is 0. The molecule has 1 aliphatic rings. The second-order valence-corrected chi connectivity index (χ2v) is 7.20. The maximum atomic E-state index is 8.83. The van der Waals surface area contributed by atoms with E-state index < -0.39 is 6.29 Å². The summed E-state index contributed by atoms with van der Waals surface area (Å²) in [4.78, 5) is 0. The minimum Gasteiger partial charge on any atom is -0.368 e. The largest absolute Gasteiger partial charge is 0.368 e. The lowest BCUT2D eigenvalue weighted by atomic mass is 9.72. The average Bonchev–Trinajstić information content (AvgIpc) is 2.44. The zero-order valence-corrected chi connectivity index (χ0v) is 15.3. The van der Waals surface area contributed by atoms with E-state index in [4.69, 9.17) is 10.2 Å². The van der Waals surface area contributed by atoms with Gasteiger partial charge in [-0.05, 0) is 51.0 Å². The molecule has 0 aromatic rings. The van der Waals surface area contributed by atoms with E-state index in [-0.39, 0.29) is 11.8 Å². The molecule has 128 valence electrons. The number of aliphatic hydroxyl groups excluding tert-OH is 1. The fraction of sp³-hybridized carbons (Fsp3) is 0.524. The molecule has 1 rings (SSSR count). The van der Waals surface area contributed by atoms with Crippen molar-refractivity contribution in [2.24, 2.45) is 5.41 Å². The van der Waals surface area contributed by atoms with Gasteiger partial charge in [0.2, 0.25) is 0 Å². The molecular formula is C21H32O2. The standard InChI is InChI=1S/C21H32O2/c1-16(8-6-9-17(2)12-14-20(22)23)11-13-19-18(3)10-7-15-21(19,4)5/h6,8-9,11-13,20,22-23H,7,10,14-15H2,1-5H3/b9-6+,13-11+,16-8+,17-12-. The van der Waals surface area contributed by atoms with Gasteiger partial charge in [0.25, 0.3) is 0 Å². The molecule has 0 heterocycles. The van der Waals surface area contributed by atoms with Crippen LogP contribution in [0.15, 0.2) is 58.7 Å². The molecule has 0 radical (unpaired) electrons. The van der Waals surface area contributed by atoms with Crippen LogP contribution in [0.1, 0.15) is 60.3 Å². The van der Waals surface area contributed by atoms with Gasteiger partial charge in [-0.1, -0.05) is 67.0 Å². The first-order chi connectivity index (χ1) is 10.7. The smallest absolute Gasteiger partial charge is 0.154 e. The molecule has 0 aromatic heterocycles. The Morgan fingerprint density at radius 1 is 1.17 bits per heavy atom. The Morgan fingerprint density at radius 3 is 2.48 bits per heavy atom. The van der Waals surface area contributed by atoms with Crippen molar-refractivity contribution in [3.63, 3.8) is 0 Å². The Morgan fingerprint density at radius 2 is 1.87 bits per heavy atom. The summed E-state index contributed by atoms with van der Waals surface area (Å²) in [5.41, 5.74) is 5.51. The summed E-state index contributed by atoms with van der Waals surface area (Å²) in [7, 11) is 0. The lowest BCUT2D eigenvalue weighted by Crippen LogP contribution is -2.19. The van der Waals surface area contributed by atoms with Crippen LogP contribution in [0.5, 0.6) is 0 Å². The van der Waals surface area contributed by atoms with E-state index in [1.165, 1.54) is 36.0 Å². The van der Waals surface area contributed by atoms with Gasteiger partial charge >= 0.3 is 0 Å². The predicted molar refractivity (Wildman–Crippen MR) is 99.0 cm³/mol. The summed E-state index contributed by atoms with van der Waals surface area (Å²) in [6.45, 7) is 11.0. The van der Waals surface area contributed by atoms with Crippen LogP contribution in [0.2, 0.25) is 0 Å². The number of hydrogen-bond donors (Lipinski definition) is 2. The zero-order chi connectivity index (χ0) is 17.5. The summed E-state index contributed by atoms with van der Waals surface area (Å²) in [6, 6.07) is 0. The summed E-state index contributed by atoms with van der Waals surface area (Å²) in [5.74, 6) is 0. The zero-order valence-electron chi connectivity index (χ0n) is 15.3. The van der Waals surface area contributed by atoms with Crippen molar-refractivity contribution in [1.82, 2.24) is 0 Å². The summed E-state index contributed by atoms with van der Waals surface area (Å²) in [5, 5.41) is 17.7. The van der Waals surface area contributed by atoms with E-state index in [1.807, 2.05) is 25.2 Å². The molecule has 0 aromatic carbocycles. The molecule has 0 bridgehead atoms. The molecule has 0 spiro atoms. The number of aliphatic hydroxyl groups is 2. The van der Waals surface area contributed by atoms with Gasteiger partial charge in [-0.25, -0.2) is 0 Å². The summed E-state index contributed by atoms with van der Waals surface area (Å²) < 4.78 is 0. The number of rotatable bonds is 6. The van der Waals surface area contributed by atoms with Crippen LogP contribution in [0.3, 0.4) is 0 Å². The monoisotopic (exact) mass is 316 g/mol. The van der Waals surface area contributed by atoms with Gasteiger partial charge in [0.15, 0.2) is 6.29 Å². The van der Waals surface area contributed by atoms with Crippen molar-refractivity contribution in [3.8, 4) is 0 Å². The molecule has 0 unspecified atom stereocenters. The lowest BCUT2D eigenvalue weighted by Gasteiger charge is -2.32. The average molecular weight is 316 g/mol. The highest BCUT2D eigenvalue weighted by Gasteiger charge is 2.26. The Bertz CT molecular complexity index is 540. The highest BCUT2D eigenvalue weighted by molar-refractivity contribution is 5.37. The lowest BCUT2D eigenvalue weighted by molar-refractivity contribution is -0.0361. The molecule has 2 nitrogen and oxygen atoms in total. The number of hydrogen-bond acceptors (Lipinski definition) is 2. The predicted octanol–water partition coefficient (Wildman–Crippen LogP) is 5.22. The molecule has 1 aliphatic carbocycles. The third-order valence-electron chi connectivity index (χ3n) is 4.42. The highest BCUT2D eigenvalue weighted by atomic mass is 16.5. The molecule has 0 saturated heterocycles. The van der Waals surface area contributed by atoms with Crippen LogP contribution in [0.4, 0.5) is 0 Å². The van der Waals surface area contributed by atoms with Crippen LogP contribution in [0, 0.1) is 5.41 Å². The fourth-order valence-electron chi connectivity index (χ4n) is 2.99. The Labute approximate surface area is 141 Å². The van der Waals surface area contributed by atoms with Crippen LogP contribution in [0.25, 0.3) is 0 Å². The van der Waals surface area contributed by atoms with E-state index in [0.29, 0.717) is 0 Å². The number of allylic oxidation sites excluding steroid dienone is 9. The van der Waals surface area contributed by atoms with Crippen molar-refractivity contribution >= 4 is 0 Å². The second kappa shape index (κ2) is 9.05. The van der Waals surface area contributed by atoms with E-state index in [2.05, 4.69) is 45.9 Å². The second-order valence-electron chi connectivity index (χ2n) is 7.20. The van der Waals surface area contributed by atoms with E-state index in [0.717, 1.165) is 5.57 Å². The van der Waals surface area contributed by atoms with E-state index >= 15 is 0 Å². The quantitative estimate of drug-likeness (QED) is 0.521. The first kappa shape index (κ1) is 19.7. The van der Waals surface area contributed by atoms with Crippen molar-refractivity contribution < 1.29 is 10.2 Å². The first-order valence-corrected chi connectivity index (χ1v) is 8.48. The third-order valence-corrected chi connectivity index (χ3v) is 4.42. The van der Waals surface area contributed by atoms with Crippen molar-refractivity contribution in [3.05, 3.63) is 58.7 Å². The topological polar surface area (TPSA) is 40.5 Å². The van der Waals surface area contributed by atoms with Gasteiger partial charge in [0.05, 0.1) is 0 Å². The first-order valence-electron chi connectivity index (χ1n) is 8.48. The van der Waals surface area contributed by atoms with Gasteiger partial charge in [-0.3, -0.25) is 0 Å². The molecule has 0 atom stereocenters. The minimum atomic E-state index is -1.27. The SMILES string of the molecule is CC1=C(/C=C/C(C)=C/C=C/C(C)=C\CC(O)O)C(C)(C)CCC1. The third kappa shape index (κ3) is 7.15. The Kier molecular flexibility index (Phi) is 7.74. The fourth-order valence-corrected chi connectivity index (χ4v) is 2.99. The molecule has 2 N–H and O–H groups in total. The maximum Gasteiger partial charge on any atom is 0.154 e. The Balaban J connectivity index is 2.71. The molecule has 0 amide bonds. The van der Waals surface area contributed by atoms with Crippen LogP contribution in [-0.2, 0) is 0 Å². The van der Waals surface area contributed by atoms with Crippen molar-refractivity contribution in [1.29, 1.82) is 0 Å². The van der Waals surface area contributed by atoms with Gasteiger partial charge in [-0.2, -0.15) is 0 Å². The van der Waals surface area contributed by atoms with E-state index in [1.54, 1.807) is 0 Å². The minimum absolute atomic E-state index is 0.265. The maximum absolute atomic E-state index is 8.83. The van der Waals surface area contributed by atoms with Gasteiger partial charge in [-0.15, -0.1) is 0 Å². The molecule has 23 heavy (non-hydrogen) atoms. The van der Waals surface area contributed by atoms with Crippen molar-refractivity contribution in [2.45, 2.75) is 66.6 Å². The van der Waals surface area contributed by atoms with Crippen LogP contribution < -0.4 is 0 Å². The normalized spacial score (nSPS) is 20.3. The molecule has 0 aliphatic heterocycles. The summed E-state index contributed by atoms with van der Waals surface area (Å²) in [6.07, 6.45) is 15.1. The Hall–Kier alpha value is -1.38. The molecule has 2 heteroatoms. The highest BCUT2D eigenvalue weighted by Crippen LogP contribution is 2.40. The molecular weight excluding hydrogens is 284 g/mol. The van der Waals surface area contributed by atoms with Crippen LogP contribution in [-0.4, -0.2) is 16.5 Å².